The van der Waals surface area contributed by atoms with Gasteiger partial charge in [-0.2, -0.15) is 4.68 Å². The molecule has 9 heteroatoms. The SMILES string of the molecule is O=C(CSc1nnnn1-c1ccccc1)Nc1ccc(Br)cn1. The van der Waals surface area contributed by atoms with Crippen LogP contribution in [0.15, 0.2) is 58.3 Å². The van der Waals surface area contributed by atoms with E-state index in [4.69, 9.17) is 0 Å². The van der Waals surface area contributed by atoms with Gasteiger partial charge in [0.05, 0.1) is 11.4 Å². The fraction of sp³-hybridized carbons (Fsp3) is 0.0714. The van der Waals surface area contributed by atoms with Crippen LogP contribution >= 0.6 is 27.7 Å². The van der Waals surface area contributed by atoms with Crippen molar-refractivity contribution in [3.05, 3.63) is 53.1 Å². The number of carbonyl (C=O) groups is 1. The summed E-state index contributed by atoms with van der Waals surface area (Å²) in [5.74, 6) is 0.513. The number of nitrogens with one attached hydrogen (secondary N) is 1. The number of para-hydroxylation sites is 1. The number of pyridine rings is 1. The summed E-state index contributed by atoms with van der Waals surface area (Å²) in [4.78, 5) is 16.1. The molecular formula is C14H11BrN6OS. The first-order valence-electron chi connectivity index (χ1n) is 6.60. The highest BCUT2D eigenvalue weighted by Gasteiger charge is 2.11. The van der Waals surface area contributed by atoms with Gasteiger partial charge in [0, 0.05) is 10.7 Å². The minimum atomic E-state index is -0.174. The van der Waals surface area contributed by atoms with Crippen molar-refractivity contribution in [2.24, 2.45) is 0 Å². The molecule has 1 N–H and O–H groups in total. The van der Waals surface area contributed by atoms with Gasteiger partial charge in [-0.15, -0.1) is 5.10 Å². The molecule has 3 rings (SSSR count). The van der Waals surface area contributed by atoms with Gasteiger partial charge in [0.2, 0.25) is 11.1 Å². The highest BCUT2D eigenvalue weighted by molar-refractivity contribution is 9.10. The molecule has 0 saturated carbocycles. The Morgan fingerprint density at radius 3 is 2.78 bits per heavy atom. The van der Waals surface area contributed by atoms with E-state index in [9.17, 15) is 4.79 Å². The maximum atomic E-state index is 12.0. The maximum Gasteiger partial charge on any atom is 0.236 e. The number of carbonyl (C=O) groups excluding carboxylic acids is 1. The molecule has 0 bridgehead atoms. The molecule has 3 aromatic rings. The number of hydrogen-bond acceptors (Lipinski definition) is 6. The standard InChI is InChI=1S/C14H11BrN6OS/c15-10-6-7-12(16-8-10)17-13(22)9-23-14-18-19-20-21(14)11-4-2-1-3-5-11/h1-8H,9H2,(H,16,17,22). The molecule has 116 valence electrons. The van der Waals surface area contributed by atoms with Crippen LogP contribution in [0.5, 0.6) is 0 Å². The molecule has 0 saturated heterocycles. The van der Waals surface area contributed by atoms with Crippen LogP contribution in [-0.4, -0.2) is 36.9 Å². The van der Waals surface area contributed by atoms with Crippen molar-refractivity contribution in [3.8, 4) is 5.69 Å². The third-order valence-electron chi connectivity index (χ3n) is 2.77. The van der Waals surface area contributed by atoms with Gasteiger partial charge in [0.15, 0.2) is 0 Å². The van der Waals surface area contributed by atoms with Crippen LogP contribution < -0.4 is 5.32 Å². The summed E-state index contributed by atoms with van der Waals surface area (Å²) in [6.45, 7) is 0. The Balaban J connectivity index is 1.62. The normalized spacial score (nSPS) is 10.5. The van der Waals surface area contributed by atoms with Crippen molar-refractivity contribution in [2.75, 3.05) is 11.1 Å². The van der Waals surface area contributed by atoms with E-state index in [1.807, 2.05) is 36.4 Å². The van der Waals surface area contributed by atoms with E-state index >= 15 is 0 Å². The predicted molar refractivity (Wildman–Crippen MR) is 90.4 cm³/mol. The van der Waals surface area contributed by atoms with Gasteiger partial charge in [0.1, 0.15) is 5.82 Å². The fourth-order valence-electron chi connectivity index (χ4n) is 1.76. The average molecular weight is 391 g/mol. The summed E-state index contributed by atoms with van der Waals surface area (Å²) in [5, 5.41) is 14.8. The van der Waals surface area contributed by atoms with E-state index in [1.54, 1.807) is 16.9 Å². The quantitative estimate of drug-likeness (QED) is 0.673. The number of aromatic nitrogens is 5. The average Bonchev–Trinajstić information content (AvgIpc) is 3.04. The van der Waals surface area contributed by atoms with Crippen molar-refractivity contribution >= 4 is 39.4 Å². The molecule has 0 radical (unpaired) electrons. The largest absolute Gasteiger partial charge is 0.310 e. The lowest BCUT2D eigenvalue weighted by Crippen LogP contribution is -2.15. The maximum absolute atomic E-state index is 12.0. The Bertz CT molecular complexity index is 793. The molecule has 0 spiro atoms. The number of tetrazole rings is 1. The number of halogens is 1. The second kappa shape index (κ2) is 7.34. The molecule has 7 nitrogen and oxygen atoms in total. The first kappa shape index (κ1) is 15.6. The summed E-state index contributed by atoms with van der Waals surface area (Å²) in [6.07, 6.45) is 1.62. The highest BCUT2D eigenvalue weighted by atomic mass is 79.9. The summed E-state index contributed by atoms with van der Waals surface area (Å²) in [6, 6.07) is 13.0. The van der Waals surface area contributed by atoms with E-state index in [0.29, 0.717) is 11.0 Å². The second-order valence-corrected chi connectivity index (χ2v) is 6.27. The number of thioether (sulfide) groups is 1. The third kappa shape index (κ3) is 4.14. The Morgan fingerprint density at radius 2 is 2.04 bits per heavy atom. The Hall–Kier alpha value is -2.26. The predicted octanol–water partition coefficient (Wildman–Crippen LogP) is 2.55. The molecule has 2 aromatic heterocycles. The first-order valence-corrected chi connectivity index (χ1v) is 8.38. The molecule has 0 unspecified atom stereocenters. The molecule has 0 aliphatic heterocycles. The molecule has 1 amide bonds. The number of hydrogen-bond donors (Lipinski definition) is 1. The summed E-state index contributed by atoms with van der Waals surface area (Å²) in [7, 11) is 0. The lowest BCUT2D eigenvalue weighted by atomic mass is 10.3. The minimum Gasteiger partial charge on any atom is -0.310 e. The van der Waals surface area contributed by atoms with Crippen molar-refractivity contribution in [3.63, 3.8) is 0 Å². The molecule has 0 atom stereocenters. The van der Waals surface area contributed by atoms with Crippen molar-refractivity contribution in [2.45, 2.75) is 5.16 Å². The molecule has 23 heavy (non-hydrogen) atoms. The molecule has 0 aliphatic carbocycles. The molecule has 1 aromatic carbocycles. The van der Waals surface area contributed by atoms with Gasteiger partial charge in [0.25, 0.3) is 0 Å². The topological polar surface area (TPSA) is 85.6 Å². The van der Waals surface area contributed by atoms with E-state index in [2.05, 4.69) is 41.8 Å². The van der Waals surface area contributed by atoms with Crippen molar-refractivity contribution in [1.29, 1.82) is 0 Å². The van der Waals surface area contributed by atoms with Crippen LogP contribution in [-0.2, 0) is 4.79 Å². The van der Waals surface area contributed by atoms with E-state index < -0.39 is 0 Å². The number of amides is 1. The van der Waals surface area contributed by atoms with Crippen LogP contribution in [0.3, 0.4) is 0 Å². The summed E-state index contributed by atoms with van der Waals surface area (Å²) >= 11 is 4.55. The number of nitrogens with zero attached hydrogens (tertiary/aromatic N) is 5. The summed E-state index contributed by atoms with van der Waals surface area (Å²) in [5.41, 5.74) is 0.843. The Labute approximate surface area is 144 Å². The molecule has 2 heterocycles. The highest BCUT2D eigenvalue weighted by Crippen LogP contribution is 2.18. The smallest absolute Gasteiger partial charge is 0.236 e. The van der Waals surface area contributed by atoms with Crippen LogP contribution in [0.1, 0.15) is 0 Å². The van der Waals surface area contributed by atoms with E-state index in [-0.39, 0.29) is 11.7 Å². The Morgan fingerprint density at radius 1 is 1.22 bits per heavy atom. The van der Waals surface area contributed by atoms with E-state index in [0.717, 1.165) is 10.2 Å². The van der Waals surface area contributed by atoms with Gasteiger partial charge in [-0.3, -0.25) is 4.79 Å². The second-order valence-electron chi connectivity index (χ2n) is 4.41. The van der Waals surface area contributed by atoms with Crippen molar-refractivity contribution in [1.82, 2.24) is 25.2 Å². The lowest BCUT2D eigenvalue weighted by Gasteiger charge is -2.05. The van der Waals surface area contributed by atoms with Gasteiger partial charge < -0.3 is 5.32 Å². The zero-order valence-electron chi connectivity index (χ0n) is 11.8. The van der Waals surface area contributed by atoms with Crippen molar-refractivity contribution < 1.29 is 4.79 Å². The van der Waals surface area contributed by atoms with Crippen LogP contribution in [0.2, 0.25) is 0 Å². The van der Waals surface area contributed by atoms with Gasteiger partial charge in [-0.1, -0.05) is 30.0 Å². The number of anilines is 1. The fourth-order valence-corrected chi connectivity index (χ4v) is 2.68. The van der Waals surface area contributed by atoms with Gasteiger partial charge in [-0.05, 0) is 50.6 Å². The first-order chi connectivity index (χ1) is 11.2. The lowest BCUT2D eigenvalue weighted by molar-refractivity contribution is -0.113. The van der Waals surface area contributed by atoms with Gasteiger partial charge in [-0.25, -0.2) is 4.98 Å². The molecular weight excluding hydrogens is 380 g/mol. The minimum absolute atomic E-state index is 0.174. The third-order valence-corrected chi connectivity index (χ3v) is 4.16. The van der Waals surface area contributed by atoms with Crippen LogP contribution in [0.25, 0.3) is 5.69 Å². The molecule has 0 fully saturated rings. The monoisotopic (exact) mass is 390 g/mol. The van der Waals surface area contributed by atoms with Crippen LogP contribution in [0, 0.1) is 0 Å². The van der Waals surface area contributed by atoms with Gasteiger partial charge >= 0.3 is 0 Å². The number of rotatable bonds is 5. The zero-order chi connectivity index (χ0) is 16.1. The zero-order valence-corrected chi connectivity index (χ0v) is 14.2. The van der Waals surface area contributed by atoms with Crippen LogP contribution in [0.4, 0.5) is 5.82 Å². The summed E-state index contributed by atoms with van der Waals surface area (Å²) < 4.78 is 2.45. The number of benzene rings is 1. The van der Waals surface area contributed by atoms with E-state index in [1.165, 1.54) is 11.8 Å². The molecule has 0 aliphatic rings. The Kier molecular flexibility index (Phi) is 4.99.